The number of sulfonamides is 1. The van der Waals surface area contributed by atoms with E-state index in [4.69, 9.17) is 28.3 Å². The number of rotatable bonds is 3. The third-order valence-electron chi connectivity index (χ3n) is 2.35. The van der Waals surface area contributed by atoms with Gasteiger partial charge in [-0.1, -0.05) is 23.2 Å². The fourth-order valence-electron chi connectivity index (χ4n) is 1.53. The molecular weight excluding hydrogens is 409 g/mol. The molecule has 2 N–H and O–H groups in total. The molecular formula is C11H6BrCl2NO3S2. The van der Waals surface area contributed by atoms with Crippen LogP contribution in [0.5, 0.6) is 0 Å². The van der Waals surface area contributed by atoms with Gasteiger partial charge in [0.1, 0.15) is 4.21 Å². The lowest BCUT2D eigenvalue weighted by atomic mass is 10.1. The number of hydrogen-bond donors (Lipinski definition) is 1. The van der Waals surface area contributed by atoms with Crippen LogP contribution in [0.3, 0.4) is 0 Å². The van der Waals surface area contributed by atoms with Crippen LogP contribution in [0.25, 0.3) is 0 Å². The van der Waals surface area contributed by atoms with Gasteiger partial charge in [0.2, 0.25) is 10.0 Å². The minimum absolute atomic E-state index is 0.0198. The second-order valence-corrected chi connectivity index (χ2v) is 8.78. The van der Waals surface area contributed by atoms with E-state index in [1.54, 1.807) is 0 Å². The van der Waals surface area contributed by atoms with E-state index in [9.17, 15) is 13.2 Å². The van der Waals surface area contributed by atoms with Crippen LogP contribution in [0.15, 0.2) is 32.3 Å². The number of nitrogens with two attached hydrogens (primary N) is 1. The fraction of sp³-hybridized carbons (Fsp3) is 0. The molecule has 1 heterocycles. The molecule has 0 radical (unpaired) electrons. The summed E-state index contributed by atoms with van der Waals surface area (Å²) >= 11 is 15.7. The summed E-state index contributed by atoms with van der Waals surface area (Å²) in [5.41, 5.74) is 0.139. The first kappa shape index (κ1) is 15.9. The summed E-state index contributed by atoms with van der Waals surface area (Å²) in [7, 11) is -3.99. The maximum Gasteiger partial charge on any atom is 0.248 e. The Bertz CT molecular complexity index is 802. The summed E-state index contributed by atoms with van der Waals surface area (Å²) in [6.07, 6.45) is 0. The van der Waals surface area contributed by atoms with Crippen LogP contribution in [0.1, 0.15) is 15.9 Å². The van der Waals surface area contributed by atoms with Gasteiger partial charge < -0.3 is 0 Å². The molecule has 1 aromatic heterocycles. The summed E-state index contributed by atoms with van der Waals surface area (Å²) in [4.78, 5) is 12.4. The highest BCUT2D eigenvalue weighted by Gasteiger charge is 2.25. The number of benzene rings is 1. The lowest BCUT2D eigenvalue weighted by Crippen LogP contribution is -2.15. The van der Waals surface area contributed by atoms with Crippen LogP contribution < -0.4 is 5.14 Å². The largest absolute Gasteiger partial charge is 0.288 e. The van der Waals surface area contributed by atoms with Crippen molar-refractivity contribution in [2.75, 3.05) is 0 Å². The van der Waals surface area contributed by atoms with Gasteiger partial charge >= 0.3 is 0 Å². The quantitative estimate of drug-likeness (QED) is 0.777. The van der Waals surface area contributed by atoms with Gasteiger partial charge in [0, 0.05) is 10.6 Å². The average Bonchev–Trinajstić information content (AvgIpc) is 2.70. The molecule has 0 fully saturated rings. The molecule has 0 unspecified atom stereocenters. The normalized spacial score (nSPS) is 11.6. The second-order valence-electron chi connectivity index (χ2n) is 3.75. The van der Waals surface area contributed by atoms with E-state index in [1.165, 1.54) is 24.3 Å². The van der Waals surface area contributed by atoms with Gasteiger partial charge in [-0.15, -0.1) is 11.3 Å². The number of carbonyl (C=O) groups is 1. The number of primary sulfonamides is 1. The zero-order valence-corrected chi connectivity index (χ0v) is 14.3. The molecule has 0 aliphatic heterocycles. The van der Waals surface area contributed by atoms with Crippen LogP contribution >= 0.6 is 50.5 Å². The molecule has 0 aliphatic rings. The number of hydrogen-bond acceptors (Lipinski definition) is 4. The van der Waals surface area contributed by atoms with E-state index in [0.717, 1.165) is 11.3 Å². The Hall–Kier alpha value is -0.440. The summed E-state index contributed by atoms with van der Waals surface area (Å²) < 4.78 is 23.3. The highest BCUT2D eigenvalue weighted by Crippen LogP contribution is 2.33. The molecule has 0 saturated carbocycles. The third kappa shape index (κ3) is 3.24. The third-order valence-corrected chi connectivity index (χ3v) is 6.01. The van der Waals surface area contributed by atoms with Crippen LogP contribution in [0, 0.1) is 0 Å². The number of carbonyl (C=O) groups excluding carboxylic acids is 1. The van der Waals surface area contributed by atoms with Crippen LogP contribution in [0.2, 0.25) is 10.0 Å². The van der Waals surface area contributed by atoms with E-state index in [1.807, 2.05) is 0 Å². The minimum Gasteiger partial charge on any atom is -0.288 e. The Balaban J connectivity index is 2.60. The van der Waals surface area contributed by atoms with Gasteiger partial charge in [0.25, 0.3) is 0 Å². The zero-order valence-electron chi connectivity index (χ0n) is 9.56. The summed E-state index contributed by atoms with van der Waals surface area (Å²) in [6.45, 7) is 0. The average molecular weight is 415 g/mol. The Morgan fingerprint density at radius 2 is 1.85 bits per heavy atom. The molecule has 1 aromatic carbocycles. The lowest BCUT2D eigenvalue weighted by molar-refractivity contribution is 0.103. The van der Waals surface area contributed by atoms with E-state index < -0.39 is 15.8 Å². The molecule has 2 aromatic rings. The lowest BCUT2D eigenvalue weighted by Gasteiger charge is -2.04. The van der Waals surface area contributed by atoms with E-state index >= 15 is 0 Å². The number of halogens is 3. The molecule has 106 valence electrons. The van der Waals surface area contributed by atoms with Crippen molar-refractivity contribution in [3.8, 4) is 0 Å². The van der Waals surface area contributed by atoms with Gasteiger partial charge in [-0.2, -0.15) is 0 Å². The predicted octanol–water partition coefficient (Wildman–Crippen LogP) is 3.70. The predicted molar refractivity (Wildman–Crippen MR) is 83.3 cm³/mol. The van der Waals surface area contributed by atoms with Crippen molar-refractivity contribution in [2.45, 2.75) is 4.21 Å². The zero-order chi connectivity index (χ0) is 15.1. The molecule has 20 heavy (non-hydrogen) atoms. The van der Waals surface area contributed by atoms with Gasteiger partial charge in [-0.25, -0.2) is 13.6 Å². The maximum atomic E-state index is 12.4. The molecule has 9 heteroatoms. The van der Waals surface area contributed by atoms with E-state index in [0.29, 0.717) is 8.81 Å². The standard InChI is InChI=1S/C11H6BrCl2NO3S2/c12-9-4-7(11(19-9)20(15,17)18)10(16)6-2-1-5(13)3-8(6)14/h1-4H,(H2,15,17,18). The van der Waals surface area contributed by atoms with Crippen LogP contribution in [-0.2, 0) is 10.0 Å². The molecule has 2 rings (SSSR count). The van der Waals surface area contributed by atoms with Crippen molar-refractivity contribution in [2.24, 2.45) is 5.14 Å². The molecule has 0 amide bonds. The maximum absolute atomic E-state index is 12.4. The van der Waals surface area contributed by atoms with Crippen molar-refractivity contribution >= 4 is 66.3 Å². The first-order valence-corrected chi connectivity index (χ1v) is 8.93. The minimum atomic E-state index is -3.99. The van der Waals surface area contributed by atoms with Crippen molar-refractivity contribution < 1.29 is 13.2 Å². The SMILES string of the molecule is NS(=O)(=O)c1sc(Br)cc1C(=O)c1ccc(Cl)cc1Cl. The summed E-state index contributed by atoms with van der Waals surface area (Å²) in [6, 6.07) is 5.75. The molecule has 0 atom stereocenters. The smallest absolute Gasteiger partial charge is 0.248 e. The van der Waals surface area contributed by atoms with Gasteiger partial charge in [-0.3, -0.25) is 4.79 Å². The number of thiophene rings is 1. The first-order valence-electron chi connectivity index (χ1n) is 5.02. The van der Waals surface area contributed by atoms with Crippen molar-refractivity contribution in [1.29, 1.82) is 0 Å². The van der Waals surface area contributed by atoms with Crippen molar-refractivity contribution in [3.63, 3.8) is 0 Å². The van der Waals surface area contributed by atoms with Crippen molar-refractivity contribution in [3.05, 3.63) is 49.2 Å². The first-order chi connectivity index (χ1) is 9.20. The van der Waals surface area contributed by atoms with Gasteiger partial charge in [0.05, 0.1) is 14.4 Å². The Morgan fingerprint density at radius 1 is 1.20 bits per heavy atom. The monoisotopic (exact) mass is 413 g/mol. The Morgan fingerprint density at radius 3 is 2.40 bits per heavy atom. The van der Waals surface area contributed by atoms with Crippen LogP contribution in [-0.4, -0.2) is 14.2 Å². The van der Waals surface area contributed by atoms with E-state index in [2.05, 4.69) is 15.9 Å². The Kier molecular flexibility index (Phi) is 4.58. The molecule has 4 nitrogen and oxygen atoms in total. The molecule has 0 aliphatic carbocycles. The van der Waals surface area contributed by atoms with Crippen molar-refractivity contribution in [1.82, 2.24) is 0 Å². The van der Waals surface area contributed by atoms with Gasteiger partial charge in [-0.05, 0) is 40.2 Å². The van der Waals surface area contributed by atoms with Crippen LogP contribution in [0.4, 0.5) is 0 Å². The Labute approximate surface area is 137 Å². The highest BCUT2D eigenvalue weighted by atomic mass is 79.9. The molecule has 0 bridgehead atoms. The molecule has 0 saturated heterocycles. The topological polar surface area (TPSA) is 77.2 Å². The number of ketones is 1. The van der Waals surface area contributed by atoms with Gasteiger partial charge in [0.15, 0.2) is 5.78 Å². The second kappa shape index (κ2) is 5.75. The fourth-order valence-corrected chi connectivity index (χ4v) is 4.87. The summed E-state index contributed by atoms with van der Waals surface area (Å²) in [5.74, 6) is -0.530. The summed E-state index contributed by atoms with van der Waals surface area (Å²) in [5, 5.41) is 5.63. The highest BCUT2D eigenvalue weighted by molar-refractivity contribution is 9.11. The van der Waals surface area contributed by atoms with E-state index in [-0.39, 0.29) is 20.4 Å². The molecule has 0 spiro atoms.